The number of hydrazone groups is 2. The molecule has 2 heterocycles. The number of benzene rings is 2. The van der Waals surface area contributed by atoms with Crippen molar-refractivity contribution in [2.24, 2.45) is 10.2 Å². The van der Waals surface area contributed by atoms with Gasteiger partial charge in [-0.2, -0.15) is 15.5 Å². The van der Waals surface area contributed by atoms with Gasteiger partial charge in [0.05, 0.1) is 72.0 Å². The number of nitrogens with zero attached hydrogens (tertiary/aromatic N) is 6. The van der Waals surface area contributed by atoms with Gasteiger partial charge in [0.25, 0.3) is 5.91 Å². The highest BCUT2D eigenvalue weighted by Gasteiger charge is 2.27. The van der Waals surface area contributed by atoms with Gasteiger partial charge in [0.1, 0.15) is 5.71 Å². The Labute approximate surface area is 325 Å². The van der Waals surface area contributed by atoms with E-state index in [9.17, 15) is 9.59 Å². The van der Waals surface area contributed by atoms with Crippen molar-refractivity contribution in [2.75, 3.05) is 84.9 Å². The van der Waals surface area contributed by atoms with E-state index in [1.807, 2.05) is 52.1 Å². The summed E-state index contributed by atoms with van der Waals surface area (Å²) in [5.41, 5.74) is 7.89. The first-order valence-electron chi connectivity index (χ1n) is 16.9. The van der Waals surface area contributed by atoms with Crippen molar-refractivity contribution in [1.29, 1.82) is 5.26 Å². The van der Waals surface area contributed by atoms with Crippen molar-refractivity contribution in [3.05, 3.63) is 47.2 Å². The lowest BCUT2D eigenvalue weighted by Gasteiger charge is -2.35. The average molecular weight is 771 g/mol. The lowest BCUT2D eigenvalue weighted by atomic mass is 10.0. The number of methoxy groups -OCH3 is 6. The number of rotatable bonds is 12. The Balaban J connectivity index is 0.000000414. The molecule has 304 valence electrons. The highest BCUT2D eigenvalue weighted by molar-refractivity contribution is 6.31. The third-order valence-corrected chi connectivity index (χ3v) is 7.08. The Morgan fingerprint density at radius 1 is 0.727 bits per heavy atom. The molecule has 2 aliphatic rings. The number of hydrogen-bond acceptors (Lipinski definition) is 15. The van der Waals surface area contributed by atoms with E-state index in [0.29, 0.717) is 57.1 Å². The second-order valence-corrected chi connectivity index (χ2v) is 13.2. The van der Waals surface area contributed by atoms with E-state index in [1.54, 1.807) is 55.7 Å². The molecule has 2 aromatic rings. The van der Waals surface area contributed by atoms with Crippen LogP contribution in [0.5, 0.6) is 34.5 Å². The van der Waals surface area contributed by atoms with Crippen molar-refractivity contribution in [3.63, 3.8) is 0 Å². The van der Waals surface area contributed by atoms with Gasteiger partial charge in [-0.15, -0.1) is 0 Å². The molecule has 0 saturated heterocycles. The minimum absolute atomic E-state index is 0.0463. The summed E-state index contributed by atoms with van der Waals surface area (Å²) < 4.78 is 37.5. The van der Waals surface area contributed by atoms with Gasteiger partial charge in [0, 0.05) is 38.3 Å². The Hall–Kier alpha value is -5.57. The fourth-order valence-corrected chi connectivity index (χ4v) is 4.91. The first kappa shape index (κ1) is 47.5. The van der Waals surface area contributed by atoms with Gasteiger partial charge >= 0.3 is 0 Å². The number of carbonyl (C=O) groups excluding carboxylic acids is 2. The fourth-order valence-electron chi connectivity index (χ4n) is 4.91. The largest absolute Gasteiger partial charge is 0.493 e. The van der Waals surface area contributed by atoms with Crippen LogP contribution >= 0.6 is 0 Å². The number of ether oxygens (including phenoxy) is 7. The van der Waals surface area contributed by atoms with Gasteiger partial charge < -0.3 is 38.1 Å². The van der Waals surface area contributed by atoms with E-state index in [2.05, 4.69) is 41.8 Å². The van der Waals surface area contributed by atoms with Crippen molar-refractivity contribution in [3.8, 4) is 40.6 Å². The smallest absolute Gasteiger partial charge is 0.275 e. The summed E-state index contributed by atoms with van der Waals surface area (Å²) in [6.07, 6.45) is 2.01. The van der Waals surface area contributed by atoms with Gasteiger partial charge in [-0.25, -0.2) is 10.9 Å². The summed E-state index contributed by atoms with van der Waals surface area (Å²) in [4.78, 5) is 28.9. The van der Waals surface area contributed by atoms with Crippen molar-refractivity contribution < 1.29 is 42.7 Å². The van der Waals surface area contributed by atoms with Crippen LogP contribution < -0.4 is 39.3 Å². The first-order valence-corrected chi connectivity index (χ1v) is 16.9. The molecule has 0 saturated carbocycles. The number of amides is 2. The third-order valence-electron chi connectivity index (χ3n) is 7.08. The number of nitrogens with one attached hydrogen (secondary N) is 2. The molecule has 0 spiro atoms. The maximum absolute atomic E-state index is 11.9. The van der Waals surface area contributed by atoms with Crippen LogP contribution in [0.3, 0.4) is 0 Å². The Kier molecular flexibility index (Phi) is 19.5. The van der Waals surface area contributed by atoms with E-state index in [0.717, 1.165) is 5.56 Å². The topological polar surface area (TPSA) is 181 Å². The van der Waals surface area contributed by atoms with Crippen LogP contribution in [0.15, 0.2) is 46.2 Å². The molecule has 2 N–H and O–H groups in total. The quantitative estimate of drug-likeness (QED) is 0.236. The molecule has 0 bridgehead atoms. The predicted octanol–water partition coefficient (Wildman–Crippen LogP) is 3.67. The summed E-state index contributed by atoms with van der Waals surface area (Å²) >= 11 is 0. The molecule has 4 rings (SSSR count). The van der Waals surface area contributed by atoms with Crippen LogP contribution in [-0.2, 0) is 14.3 Å². The number of hydrogen-bond donors (Lipinski definition) is 2. The van der Waals surface area contributed by atoms with Gasteiger partial charge in [0.2, 0.25) is 17.4 Å². The molecule has 55 heavy (non-hydrogen) atoms. The van der Waals surface area contributed by atoms with E-state index < -0.39 is 0 Å². The van der Waals surface area contributed by atoms with Gasteiger partial charge in [-0.05, 0) is 73.2 Å². The van der Waals surface area contributed by atoms with Crippen LogP contribution in [0.25, 0.3) is 0 Å². The van der Waals surface area contributed by atoms with E-state index in [4.69, 9.17) is 38.4 Å². The summed E-state index contributed by atoms with van der Waals surface area (Å²) in [6.45, 7) is 7.62. The van der Waals surface area contributed by atoms with E-state index in [-0.39, 0.29) is 30.2 Å². The Bertz CT molecular complexity index is 1670. The zero-order valence-electron chi connectivity index (χ0n) is 35.0. The van der Waals surface area contributed by atoms with Gasteiger partial charge in [0.15, 0.2) is 29.3 Å². The molecule has 0 aliphatic carbocycles. The number of carbonyl (C=O) groups is 2. The molecular weight excluding hydrogens is 712 g/mol. The van der Waals surface area contributed by atoms with Crippen molar-refractivity contribution in [2.45, 2.75) is 46.1 Å². The van der Waals surface area contributed by atoms with Crippen molar-refractivity contribution in [1.82, 2.24) is 25.6 Å². The van der Waals surface area contributed by atoms with Crippen LogP contribution in [0.1, 0.15) is 45.2 Å². The number of nitriles is 1. The molecule has 17 nitrogen and oxygen atoms in total. The fraction of sp³-hybridized carbons (Fsp3) is 0.500. The predicted molar refractivity (Wildman–Crippen MR) is 211 cm³/mol. The summed E-state index contributed by atoms with van der Waals surface area (Å²) in [7, 11) is 21.0. The van der Waals surface area contributed by atoms with Gasteiger partial charge in [-0.3, -0.25) is 19.4 Å². The molecule has 0 fully saturated rings. The molecule has 2 amide bonds. The molecule has 0 unspecified atom stereocenters. The Morgan fingerprint density at radius 3 is 1.44 bits per heavy atom. The highest BCUT2D eigenvalue weighted by atomic mass is 16.5. The molecule has 17 heteroatoms. The molecule has 0 radical (unpaired) electrons. The SMILES string of the molecule is CC#N.CN(C)C(OC(C)(C)C)N(C)C.COc1cc(C2=NNC(=O)/C2=C\N(C)C)cc(OC)c1OC.COc1cc(C2=NNC(=O)C2)cc(OC)c1OC. The van der Waals surface area contributed by atoms with Crippen LogP contribution in [0.4, 0.5) is 0 Å². The molecule has 0 aromatic heterocycles. The maximum Gasteiger partial charge on any atom is 0.275 e. The summed E-state index contributed by atoms with van der Waals surface area (Å²) in [6, 6.07) is 8.79. The second-order valence-electron chi connectivity index (χ2n) is 13.2. The van der Waals surface area contributed by atoms with Gasteiger partial charge in [-0.1, -0.05) is 0 Å². The monoisotopic (exact) mass is 770 g/mol. The second kappa shape index (κ2) is 22.6. The lowest BCUT2D eigenvalue weighted by Crippen LogP contribution is -2.46. The highest BCUT2D eigenvalue weighted by Crippen LogP contribution is 2.40. The molecule has 2 aromatic carbocycles. The normalized spacial score (nSPS) is 13.8. The third kappa shape index (κ3) is 14.3. The molecule has 0 atom stereocenters. The average Bonchev–Trinajstić information content (AvgIpc) is 3.73. The van der Waals surface area contributed by atoms with E-state index in [1.165, 1.54) is 35.4 Å². The zero-order valence-corrected chi connectivity index (χ0v) is 35.0. The Morgan fingerprint density at radius 2 is 1.15 bits per heavy atom. The first-order chi connectivity index (χ1) is 25.9. The maximum atomic E-state index is 11.9. The lowest BCUT2D eigenvalue weighted by molar-refractivity contribution is -0.178. The zero-order chi connectivity index (χ0) is 42.0. The summed E-state index contributed by atoms with van der Waals surface area (Å²) in [5, 5.41) is 15.4. The minimum Gasteiger partial charge on any atom is -0.493 e. The summed E-state index contributed by atoms with van der Waals surface area (Å²) in [5.74, 6) is 2.71. The standard InChI is InChI=1S/C15H19N3O4.C12H14N2O4.C9H22N2O.C2H3N/c1-18(2)8-10-13(16-17-15(10)19)9-6-11(20-3)14(22-5)12(7-9)21-4;1-16-9-4-7(8-6-11(15)14-13-8)5-10(17-2)12(9)18-3;1-9(2,3)12-8(10(4)5)11(6)7;1-2-3/h6-8H,1-5H3,(H,17,19);4-5H,6H2,1-3H3,(H,14,15);8H,1-7H3;1H3/b10-8-;;;. The minimum atomic E-state index is -0.252. The molecular formula is C38H58N8O9. The van der Waals surface area contributed by atoms with Crippen LogP contribution in [0, 0.1) is 11.3 Å². The van der Waals surface area contributed by atoms with E-state index >= 15 is 0 Å². The van der Waals surface area contributed by atoms with Crippen LogP contribution in [-0.4, -0.2) is 135 Å². The van der Waals surface area contributed by atoms with Crippen LogP contribution in [0.2, 0.25) is 0 Å². The molecule has 2 aliphatic heterocycles. The van der Waals surface area contributed by atoms with Crippen molar-refractivity contribution >= 4 is 23.2 Å².